The largest absolute Gasteiger partial charge is 0.504 e. The number of rotatable bonds is 9. The molecule has 31 heavy (non-hydrogen) atoms. The molecular formula is C20H26O11. The van der Waals surface area contributed by atoms with E-state index in [4.69, 9.17) is 14.2 Å². The Morgan fingerprint density at radius 2 is 1.84 bits per heavy atom. The van der Waals surface area contributed by atoms with Crippen molar-refractivity contribution < 1.29 is 54.8 Å². The molecule has 1 aromatic rings. The highest BCUT2D eigenvalue weighted by molar-refractivity contribution is 5.87. The fraction of sp³-hybridized carbons (Fsp3) is 0.450. The Labute approximate surface area is 177 Å². The second kappa shape index (κ2) is 11.2. The van der Waals surface area contributed by atoms with Crippen molar-refractivity contribution in [2.24, 2.45) is 0 Å². The molecule has 11 heteroatoms. The average molecular weight is 442 g/mol. The van der Waals surface area contributed by atoms with Crippen LogP contribution in [-0.4, -0.2) is 98.3 Å². The molecule has 0 spiro atoms. The predicted octanol–water partition coefficient (Wildman–Crippen LogP) is -1.61. The Bertz CT molecular complexity index is 791. The number of hydrogen-bond acceptors (Lipinski definition) is 11. The van der Waals surface area contributed by atoms with Gasteiger partial charge in [0.2, 0.25) is 0 Å². The van der Waals surface area contributed by atoms with Crippen molar-refractivity contribution in [2.75, 3.05) is 19.8 Å². The van der Waals surface area contributed by atoms with Gasteiger partial charge in [-0.1, -0.05) is 12.6 Å². The number of ether oxygens (including phenoxy) is 3. The minimum absolute atomic E-state index is 0.0774. The van der Waals surface area contributed by atoms with Crippen LogP contribution in [0, 0.1) is 0 Å². The molecule has 1 unspecified atom stereocenters. The third-order valence-electron chi connectivity index (χ3n) is 4.59. The summed E-state index contributed by atoms with van der Waals surface area (Å²) in [6.07, 6.45) is -6.24. The molecule has 6 atom stereocenters. The third kappa shape index (κ3) is 6.48. The maximum atomic E-state index is 12.1. The summed E-state index contributed by atoms with van der Waals surface area (Å²) in [4.78, 5) is 12.1. The number of benzene rings is 1. The van der Waals surface area contributed by atoms with E-state index in [2.05, 4.69) is 6.58 Å². The second-order valence-electron chi connectivity index (χ2n) is 6.85. The van der Waals surface area contributed by atoms with E-state index in [-0.39, 0.29) is 17.1 Å². The molecule has 0 amide bonds. The van der Waals surface area contributed by atoms with Crippen molar-refractivity contribution in [3.63, 3.8) is 0 Å². The highest BCUT2D eigenvalue weighted by Crippen LogP contribution is 2.25. The van der Waals surface area contributed by atoms with E-state index in [1.54, 1.807) is 0 Å². The van der Waals surface area contributed by atoms with Gasteiger partial charge in [-0.25, -0.2) is 4.79 Å². The van der Waals surface area contributed by atoms with Crippen LogP contribution in [0.1, 0.15) is 5.56 Å². The Hall–Kier alpha value is -2.51. The molecule has 1 heterocycles. The zero-order valence-corrected chi connectivity index (χ0v) is 16.4. The van der Waals surface area contributed by atoms with Crippen molar-refractivity contribution in [3.05, 3.63) is 42.0 Å². The van der Waals surface area contributed by atoms with E-state index in [0.29, 0.717) is 5.56 Å². The first-order chi connectivity index (χ1) is 14.7. The average Bonchev–Trinajstić information content (AvgIpc) is 2.76. The van der Waals surface area contributed by atoms with Gasteiger partial charge in [-0.3, -0.25) is 0 Å². The van der Waals surface area contributed by atoms with Crippen LogP contribution in [0.3, 0.4) is 0 Å². The number of aliphatic hydroxyl groups excluding tert-OH is 5. The summed E-state index contributed by atoms with van der Waals surface area (Å²) in [5.74, 6) is -1.52. The number of carbonyl (C=O) groups is 1. The Morgan fingerprint density at radius 1 is 1.13 bits per heavy atom. The number of phenolic OH excluding ortho intramolecular Hbond substituents is 2. The van der Waals surface area contributed by atoms with Crippen molar-refractivity contribution in [2.45, 2.75) is 36.8 Å². The number of aromatic hydroxyl groups is 2. The lowest BCUT2D eigenvalue weighted by Crippen LogP contribution is -2.59. The van der Waals surface area contributed by atoms with E-state index in [1.807, 2.05) is 0 Å². The molecule has 172 valence electrons. The van der Waals surface area contributed by atoms with Crippen LogP contribution >= 0.6 is 0 Å². The second-order valence-corrected chi connectivity index (χ2v) is 6.85. The molecular weight excluding hydrogens is 416 g/mol. The van der Waals surface area contributed by atoms with Gasteiger partial charge in [0.1, 0.15) is 30.5 Å². The molecule has 1 fully saturated rings. The highest BCUT2D eigenvalue weighted by atomic mass is 16.7. The molecule has 1 aromatic carbocycles. The summed E-state index contributed by atoms with van der Waals surface area (Å²) in [5, 5.41) is 66.9. The zero-order chi connectivity index (χ0) is 23.1. The maximum absolute atomic E-state index is 12.1. The first-order valence-electron chi connectivity index (χ1n) is 9.29. The van der Waals surface area contributed by atoms with Crippen LogP contribution in [0.25, 0.3) is 6.08 Å². The molecule has 1 saturated heterocycles. The predicted molar refractivity (Wildman–Crippen MR) is 105 cm³/mol. The molecule has 1 aliphatic heterocycles. The number of esters is 1. The summed E-state index contributed by atoms with van der Waals surface area (Å²) < 4.78 is 15.7. The van der Waals surface area contributed by atoms with Crippen LogP contribution in [0.5, 0.6) is 11.5 Å². The minimum atomic E-state index is -1.64. The number of phenols is 2. The number of hydrogen-bond donors (Lipinski definition) is 7. The molecule has 0 saturated carbocycles. The van der Waals surface area contributed by atoms with Gasteiger partial charge in [-0.05, 0) is 29.3 Å². The van der Waals surface area contributed by atoms with Gasteiger partial charge in [0.15, 0.2) is 17.8 Å². The molecule has 2 rings (SSSR count). The highest BCUT2D eigenvalue weighted by Gasteiger charge is 2.44. The minimum Gasteiger partial charge on any atom is -0.504 e. The summed E-state index contributed by atoms with van der Waals surface area (Å²) >= 11 is 0. The molecule has 0 aromatic heterocycles. The van der Waals surface area contributed by atoms with Crippen molar-refractivity contribution in [3.8, 4) is 11.5 Å². The van der Waals surface area contributed by atoms with E-state index >= 15 is 0 Å². The van der Waals surface area contributed by atoms with E-state index < -0.39 is 62.6 Å². The summed E-state index contributed by atoms with van der Waals surface area (Å²) in [7, 11) is 0. The molecule has 1 aliphatic rings. The Kier molecular flexibility index (Phi) is 8.95. The lowest BCUT2D eigenvalue weighted by Gasteiger charge is -2.39. The van der Waals surface area contributed by atoms with Crippen LogP contribution < -0.4 is 0 Å². The van der Waals surface area contributed by atoms with Crippen LogP contribution in [0.15, 0.2) is 36.4 Å². The Balaban J connectivity index is 2.00. The normalized spacial score (nSPS) is 27.2. The fourth-order valence-corrected chi connectivity index (χ4v) is 2.71. The Morgan fingerprint density at radius 3 is 2.45 bits per heavy atom. The van der Waals surface area contributed by atoms with Crippen molar-refractivity contribution in [1.82, 2.24) is 0 Å². The smallest absolute Gasteiger partial charge is 0.331 e. The standard InChI is InChI=1S/C20H26O11/c1-10(7-21)15(9-29-20-19(28)18(27)17(26)14(8-22)31-20)30-16(25)5-3-11-2-4-12(23)13(24)6-11/h2-6,14-15,17-24,26-28H,1,7-9H2/b5-3+/t14-,15?,17-,18+,19-,20-/m1/s1. The van der Waals surface area contributed by atoms with Gasteiger partial charge < -0.3 is 50.0 Å². The van der Waals surface area contributed by atoms with Crippen LogP contribution in [-0.2, 0) is 19.0 Å². The molecule has 7 N–H and O–H groups in total. The van der Waals surface area contributed by atoms with E-state index in [1.165, 1.54) is 24.3 Å². The number of aliphatic hydroxyl groups is 5. The quantitative estimate of drug-likeness (QED) is 0.101. The summed E-state index contributed by atoms with van der Waals surface area (Å²) in [5.41, 5.74) is 0.482. The van der Waals surface area contributed by atoms with E-state index in [0.717, 1.165) is 6.08 Å². The van der Waals surface area contributed by atoms with Gasteiger partial charge in [0.05, 0.1) is 19.8 Å². The first kappa shape index (κ1) is 24.8. The van der Waals surface area contributed by atoms with Gasteiger partial charge in [-0.2, -0.15) is 0 Å². The lowest BCUT2D eigenvalue weighted by molar-refractivity contribution is -0.304. The molecule has 0 aliphatic carbocycles. The number of carbonyl (C=O) groups excluding carboxylic acids is 1. The molecule has 0 bridgehead atoms. The monoisotopic (exact) mass is 442 g/mol. The molecule has 0 radical (unpaired) electrons. The maximum Gasteiger partial charge on any atom is 0.331 e. The van der Waals surface area contributed by atoms with Crippen LogP contribution in [0.2, 0.25) is 0 Å². The zero-order valence-electron chi connectivity index (χ0n) is 16.4. The van der Waals surface area contributed by atoms with E-state index in [9.17, 15) is 40.5 Å². The third-order valence-corrected chi connectivity index (χ3v) is 4.59. The van der Waals surface area contributed by atoms with Crippen molar-refractivity contribution >= 4 is 12.0 Å². The lowest BCUT2D eigenvalue weighted by atomic mass is 9.99. The van der Waals surface area contributed by atoms with Gasteiger partial charge in [-0.15, -0.1) is 0 Å². The molecule has 11 nitrogen and oxygen atoms in total. The van der Waals surface area contributed by atoms with Crippen LogP contribution in [0.4, 0.5) is 0 Å². The van der Waals surface area contributed by atoms with Gasteiger partial charge >= 0.3 is 5.97 Å². The fourth-order valence-electron chi connectivity index (χ4n) is 2.71. The summed E-state index contributed by atoms with van der Waals surface area (Å²) in [6.45, 7) is 2.00. The SMILES string of the molecule is C=C(CO)C(CO[C@@H]1O[C@H](CO)[C@@H](O)[C@H](O)[C@H]1O)OC(=O)/C=C/c1ccc(O)c(O)c1. The van der Waals surface area contributed by atoms with Gasteiger partial charge in [0, 0.05) is 6.08 Å². The van der Waals surface area contributed by atoms with Crippen molar-refractivity contribution in [1.29, 1.82) is 0 Å². The van der Waals surface area contributed by atoms with Gasteiger partial charge in [0.25, 0.3) is 0 Å². The summed E-state index contributed by atoms with van der Waals surface area (Å²) in [6, 6.07) is 3.92. The topological polar surface area (TPSA) is 186 Å². The first-order valence-corrected chi connectivity index (χ1v) is 9.29.